The molecule has 0 aromatic rings. The zero-order valence-corrected chi connectivity index (χ0v) is 16.3. The molecule has 4 nitrogen and oxygen atoms in total. The Morgan fingerprint density at radius 1 is 1.19 bits per heavy atom. The summed E-state index contributed by atoms with van der Waals surface area (Å²) in [6.45, 7) is 0.878. The van der Waals surface area contributed by atoms with Crippen LogP contribution < -0.4 is 71.5 Å². The number of aliphatic hydroxyl groups is 1. The van der Waals surface area contributed by atoms with E-state index in [-0.39, 0.29) is 94.2 Å². The molecule has 1 atom stereocenters. The van der Waals surface area contributed by atoms with Crippen molar-refractivity contribution in [1.82, 2.24) is 0 Å². The maximum absolute atomic E-state index is 8.40. The van der Waals surface area contributed by atoms with E-state index in [1.807, 2.05) is 0 Å². The van der Waals surface area contributed by atoms with Gasteiger partial charge in [-0.2, -0.15) is 0 Å². The Hall–Kier alpha value is 3.00. The summed E-state index contributed by atoms with van der Waals surface area (Å²) >= 11 is 15.5. The van der Waals surface area contributed by atoms with Crippen molar-refractivity contribution in [3.63, 3.8) is 0 Å². The second kappa shape index (κ2) is 26.5. The minimum atomic E-state index is -0.534. The Labute approximate surface area is 161 Å². The molecule has 0 aromatic heterocycles. The fourth-order valence-corrected chi connectivity index (χ4v) is 0.706. The maximum Gasteiger partial charge on any atom is 1.00 e. The molecule has 0 bridgehead atoms. The molecule has 0 amide bonds. The third-order valence-corrected chi connectivity index (χ3v) is 1.99. The van der Waals surface area contributed by atoms with Crippen LogP contribution in [0.2, 0.25) is 0 Å². The first-order valence-electron chi connectivity index (χ1n) is 3.22. The second-order valence-electron chi connectivity index (χ2n) is 2.07. The summed E-state index contributed by atoms with van der Waals surface area (Å²) in [5.41, 5.74) is 0. The van der Waals surface area contributed by atoms with E-state index in [0.717, 1.165) is 6.61 Å². The Balaban J connectivity index is -0.0000000239. The molecule has 1 aliphatic heterocycles. The van der Waals surface area contributed by atoms with Crippen molar-refractivity contribution in [2.75, 3.05) is 24.2 Å². The van der Waals surface area contributed by atoms with Crippen molar-refractivity contribution in [1.29, 1.82) is 0 Å². The standard InChI is InChI=1S/C3H6Cl2O.C3H5ClO.ClH.2Na.2H2O/c4-1-3(6)2-5;4-1-3-2-5-3;;;;;/h3,6H,1-2H2;3H,1-2H2;1H;;;2*1H2/q;;;2*+1;;/p-2. The van der Waals surface area contributed by atoms with Crippen molar-refractivity contribution >= 4 is 34.8 Å². The fourth-order valence-electron chi connectivity index (χ4n) is 0.198. The molecule has 0 aromatic carbocycles. The molecule has 1 heterocycles. The van der Waals surface area contributed by atoms with Gasteiger partial charge in [-0.15, -0.1) is 34.8 Å². The average molecular weight is 338 g/mol. The number of ether oxygens (including phenoxy) is 1. The molecular weight excluding hydrogens is 324 g/mol. The smallest absolute Gasteiger partial charge is 1.00 e. The Morgan fingerprint density at radius 3 is 1.50 bits per heavy atom. The first kappa shape index (κ1) is 36.4. The zero-order valence-electron chi connectivity index (χ0n) is 9.30. The molecule has 1 rings (SSSR count). The van der Waals surface area contributed by atoms with E-state index in [0.29, 0.717) is 12.0 Å². The first-order valence-corrected chi connectivity index (χ1v) is 4.82. The Kier molecular flexibility index (Phi) is 60.4. The Morgan fingerprint density at radius 2 is 1.50 bits per heavy atom. The van der Waals surface area contributed by atoms with E-state index in [4.69, 9.17) is 44.6 Å². The van der Waals surface area contributed by atoms with Gasteiger partial charge in [0.1, 0.15) is 0 Å². The predicted molar refractivity (Wildman–Crippen MR) is 53.5 cm³/mol. The van der Waals surface area contributed by atoms with Crippen LogP contribution in [0.4, 0.5) is 0 Å². The second-order valence-corrected chi connectivity index (χ2v) is 3.00. The number of epoxide rings is 1. The van der Waals surface area contributed by atoms with E-state index in [1.54, 1.807) is 0 Å². The van der Waals surface area contributed by atoms with Gasteiger partial charge in [0.2, 0.25) is 0 Å². The van der Waals surface area contributed by atoms with E-state index >= 15 is 0 Å². The summed E-state index contributed by atoms with van der Waals surface area (Å²) in [5.74, 6) is 1.12. The van der Waals surface area contributed by atoms with Crippen LogP contribution in [0.25, 0.3) is 0 Å². The normalized spacial score (nSPS) is 14.4. The topological polar surface area (TPSA) is 94.3 Å². The first-order chi connectivity index (χ1) is 5.24. The third kappa shape index (κ3) is 30.2. The minimum absolute atomic E-state index is 0. The van der Waals surface area contributed by atoms with Crippen molar-refractivity contribution in [3.8, 4) is 0 Å². The number of aliphatic hydroxyl groups excluding tert-OH is 1. The van der Waals surface area contributed by atoms with Crippen LogP contribution in [0.3, 0.4) is 0 Å². The molecule has 1 fully saturated rings. The van der Waals surface area contributed by atoms with Crippen LogP contribution in [0.15, 0.2) is 0 Å². The monoisotopic (exact) mass is 336 g/mol. The molecule has 4 N–H and O–H groups in total. The Bertz CT molecular complexity index is 98.6. The summed E-state index contributed by atoms with van der Waals surface area (Å²) in [7, 11) is 0. The van der Waals surface area contributed by atoms with Gasteiger partial charge in [-0.3, -0.25) is 0 Å². The summed E-state index contributed by atoms with van der Waals surface area (Å²) in [4.78, 5) is 0. The summed E-state index contributed by atoms with van der Waals surface area (Å²) in [6, 6.07) is 0. The molecule has 0 radical (unpaired) electrons. The minimum Gasteiger partial charge on any atom is -1.00 e. The van der Waals surface area contributed by atoms with Gasteiger partial charge in [0, 0.05) is 11.8 Å². The van der Waals surface area contributed by atoms with E-state index in [2.05, 4.69) is 0 Å². The molecule has 0 saturated carbocycles. The molecule has 1 aliphatic rings. The number of hydrogen-bond donors (Lipinski definition) is 1. The van der Waals surface area contributed by atoms with Gasteiger partial charge in [-0.1, -0.05) is 0 Å². The van der Waals surface area contributed by atoms with E-state index < -0.39 is 6.10 Å². The van der Waals surface area contributed by atoms with E-state index in [1.165, 1.54) is 0 Å². The van der Waals surface area contributed by atoms with Crippen molar-refractivity contribution in [3.05, 3.63) is 0 Å². The van der Waals surface area contributed by atoms with Gasteiger partial charge in [0.15, 0.2) is 0 Å². The average Bonchev–Trinajstić information content (AvgIpc) is 2.86. The van der Waals surface area contributed by atoms with Crippen LogP contribution in [0.1, 0.15) is 0 Å². The van der Waals surface area contributed by atoms with Gasteiger partial charge in [-0.25, -0.2) is 0 Å². The van der Waals surface area contributed by atoms with E-state index in [9.17, 15) is 0 Å². The number of alkyl halides is 3. The van der Waals surface area contributed by atoms with Crippen LogP contribution in [-0.2, 0) is 4.74 Å². The van der Waals surface area contributed by atoms with Crippen molar-refractivity contribution < 1.29 is 92.3 Å². The fraction of sp³-hybridized carbons (Fsp3) is 1.00. The summed E-state index contributed by atoms with van der Waals surface area (Å²) in [5, 5.41) is 8.40. The quantitative estimate of drug-likeness (QED) is 0.315. The van der Waals surface area contributed by atoms with Crippen LogP contribution in [0, 0.1) is 0 Å². The molecule has 1 saturated heterocycles. The van der Waals surface area contributed by atoms with Crippen LogP contribution >= 0.6 is 34.8 Å². The summed E-state index contributed by atoms with van der Waals surface area (Å²) in [6.07, 6.45) is -0.134. The SMILES string of the molecule is ClCC1CO1.O.OC(CCl)CCl.[Cl-].[Na+].[Na+].[OH-]. The van der Waals surface area contributed by atoms with Crippen LogP contribution in [-0.4, -0.2) is 52.5 Å². The molecule has 92 valence electrons. The third-order valence-electron chi connectivity index (χ3n) is 0.931. The largest absolute Gasteiger partial charge is 1.00 e. The number of halogens is 4. The van der Waals surface area contributed by atoms with Gasteiger partial charge in [-0.05, 0) is 0 Å². The van der Waals surface area contributed by atoms with Crippen molar-refractivity contribution in [2.45, 2.75) is 12.2 Å². The van der Waals surface area contributed by atoms with Crippen molar-refractivity contribution in [2.24, 2.45) is 0 Å². The zero-order chi connectivity index (χ0) is 8.69. The molecule has 0 spiro atoms. The summed E-state index contributed by atoms with van der Waals surface area (Å²) < 4.78 is 4.73. The van der Waals surface area contributed by atoms with Gasteiger partial charge < -0.3 is 33.2 Å². The molecule has 1 unspecified atom stereocenters. The van der Waals surface area contributed by atoms with Gasteiger partial charge in [0.25, 0.3) is 0 Å². The maximum atomic E-state index is 8.40. The predicted octanol–water partition coefficient (Wildman–Crippen LogP) is -8.54. The van der Waals surface area contributed by atoms with Gasteiger partial charge >= 0.3 is 59.1 Å². The van der Waals surface area contributed by atoms with Crippen LogP contribution in [0.5, 0.6) is 0 Å². The number of hydrogen-bond acceptors (Lipinski definition) is 3. The molecular formula is C6H14Cl4Na2O4. The van der Waals surface area contributed by atoms with Gasteiger partial charge in [0.05, 0.1) is 24.7 Å². The molecule has 0 aliphatic carbocycles. The number of rotatable bonds is 3. The molecule has 10 heteroatoms. The molecule has 16 heavy (non-hydrogen) atoms.